The van der Waals surface area contributed by atoms with Crippen LogP contribution in [0.25, 0.3) is 0 Å². The number of aliphatic hydroxyl groups is 1. The molecule has 9 heteroatoms. The minimum atomic E-state index is -0.916. The van der Waals surface area contributed by atoms with Gasteiger partial charge in [-0.15, -0.1) is 0 Å². The number of fused-ring (bicyclic) bond motifs is 1. The van der Waals surface area contributed by atoms with Crippen LogP contribution in [-0.2, 0) is 0 Å². The molecule has 1 aliphatic rings. The number of phenolic OH excluding ortho intramolecular Hbond substituents is 4. The molecule has 1 amide bonds. The molecule has 0 bridgehead atoms. The van der Waals surface area contributed by atoms with Gasteiger partial charge in [0.1, 0.15) is 0 Å². The summed E-state index contributed by atoms with van der Waals surface area (Å²) in [4.78, 5) is 13.1. The van der Waals surface area contributed by atoms with Gasteiger partial charge in [0.05, 0.1) is 11.8 Å². The zero-order valence-corrected chi connectivity index (χ0v) is 16.5. The Bertz CT molecular complexity index is 1130. The van der Waals surface area contributed by atoms with Crippen molar-refractivity contribution in [1.29, 1.82) is 0 Å². The van der Waals surface area contributed by atoms with Crippen molar-refractivity contribution in [2.75, 3.05) is 12.4 Å². The lowest BCUT2D eigenvalue weighted by molar-refractivity contribution is 0.0689. The van der Waals surface area contributed by atoms with E-state index in [1.54, 1.807) is 36.4 Å². The lowest BCUT2D eigenvalue weighted by atomic mass is 10.0. The lowest BCUT2D eigenvalue weighted by Gasteiger charge is -2.34. The molecule has 1 atom stereocenters. The highest BCUT2D eigenvalue weighted by atomic mass is 16.3. The molecule has 0 fully saturated rings. The van der Waals surface area contributed by atoms with Crippen molar-refractivity contribution in [3.8, 4) is 23.0 Å². The number of nitrogens with one attached hydrogen (secondary N) is 1. The fourth-order valence-electron chi connectivity index (χ4n) is 3.12. The smallest absolute Gasteiger partial charge is 0.278 e. The Morgan fingerprint density at radius 1 is 0.871 bits per heavy atom. The maximum Gasteiger partial charge on any atom is 0.278 e. The Morgan fingerprint density at radius 3 is 2.26 bits per heavy atom. The van der Waals surface area contributed by atoms with Crippen molar-refractivity contribution >= 4 is 17.8 Å². The average molecular weight is 423 g/mol. The SMILES string of the molecule is CO.O=C1c2ccccc2N[C@@H](c2cccc(O)c2O)N1/N=C/c1cccc(O)c1O. The number of aromatic hydroxyl groups is 4. The highest BCUT2D eigenvalue weighted by Crippen LogP contribution is 2.40. The molecule has 1 aliphatic heterocycles. The van der Waals surface area contributed by atoms with Crippen LogP contribution in [0.5, 0.6) is 23.0 Å². The van der Waals surface area contributed by atoms with Crippen LogP contribution in [-0.4, -0.2) is 49.8 Å². The molecule has 1 heterocycles. The maximum absolute atomic E-state index is 13.1. The van der Waals surface area contributed by atoms with E-state index >= 15 is 0 Å². The number of hydrogen-bond acceptors (Lipinski definition) is 8. The number of anilines is 1. The van der Waals surface area contributed by atoms with Gasteiger partial charge in [0.15, 0.2) is 29.2 Å². The first kappa shape index (κ1) is 21.5. The molecule has 0 unspecified atom stereocenters. The van der Waals surface area contributed by atoms with Gasteiger partial charge in [-0.25, -0.2) is 5.01 Å². The molecule has 0 saturated heterocycles. The van der Waals surface area contributed by atoms with E-state index in [4.69, 9.17) is 5.11 Å². The molecule has 9 nitrogen and oxygen atoms in total. The van der Waals surface area contributed by atoms with Crippen LogP contribution < -0.4 is 5.32 Å². The Labute approximate surface area is 177 Å². The largest absolute Gasteiger partial charge is 0.504 e. The summed E-state index contributed by atoms with van der Waals surface area (Å²) in [5.74, 6) is -1.83. The summed E-state index contributed by atoms with van der Waals surface area (Å²) in [6.45, 7) is 0. The predicted octanol–water partition coefficient (Wildman–Crippen LogP) is 2.72. The molecule has 0 spiro atoms. The lowest BCUT2D eigenvalue weighted by Crippen LogP contribution is -2.39. The third kappa shape index (κ3) is 4.07. The number of nitrogens with zero attached hydrogens (tertiary/aromatic N) is 2. The molecule has 0 aromatic heterocycles. The number of amides is 1. The summed E-state index contributed by atoms with van der Waals surface area (Å²) in [6.07, 6.45) is 0.315. The number of carbonyl (C=O) groups excluding carboxylic acids is 1. The molecule has 4 rings (SSSR count). The number of benzene rings is 3. The molecular formula is C22H21N3O6. The Morgan fingerprint density at radius 2 is 1.52 bits per heavy atom. The molecule has 3 aromatic rings. The highest BCUT2D eigenvalue weighted by Gasteiger charge is 2.34. The predicted molar refractivity (Wildman–Crippen MR) is 114 cm³/mol. The second-order valence-electron chi connectivity index (χ2n) is 6.42. The van der Waals surface area contributed by atoms with E-state index < -0.39 is 12.1 Å². The normalized spacial score (nSPS) is 15.1. The monoisotopic (exact) mass is 423 g/mol. The van der Waals surface area contributed by atoms with Crippen molar-refractivity contribution in [2.45, 2.75) is 6.17 Å². The van der Waals surface area contributed by atoms with E-state index in [0.29, 0.717) is 11.3 Å². The molecule has 31 heavy (non-hydrogen) atoms. The maximum atomic E-state index is 13.1. The van der Waals surface area contributed by atoms with Crippen molar-refractivity contribution in [2.24, 2.45) is 5.10 Å². The van der Waals surface area contributed by atoms with Gasteiger partial charge in [-0.2, -0.15) is 5.10 Å². The van der Waals surface area contributed by atoms with Crippen LogP contribution >= 0.6 is 0 Å². The summed E-state index contributed by atoms with van der Waals surface area (Å²) in [5.41, 5.74) is 1.37. The Balaban J connectivity index is 0.00000132. The van der Waals surface area contributed by atoms with Crippen LogP contribution in [0.15, 0.2) is 65.8 Å². The second kappa shape index (κ2) is 9.06. The molecule has 160 valence electrons. The van der Waals surface area contributed by atoms with Crippen LogP contribution in [0, 0.1) is 0 Å². The van der Waals surface area contributed by atoms with Crippen molar-refractivity contribution < 1.29 is 30.3 Å². The minimum Gasteiger partial charge on any atom is -0.504 e. The fourth-order valence-corrected chi connectivity index (χ4v) is 3.12. The van der Waals surface area contributed by atoms with Gasteiger partial charge >= 0.3 is 0 Å². The van der Waals surface area contributed by atoms with Crippen LogP contribution in [0.1, 0.15) is 27.7 Å². The number of hydrazone groups is 1. The third-order valence-electron chi connectivity index (χ3n) is 4.61. The van der Waals surface area contributed by atoms with Gasteiger partial charge in [-0.3, -0.25) is 4.79 Å². The van der Waals surface area contributed by atoms with Gasteiger partial charge in [-0.05, 0) is 30.3 Å². The molecule has 6 N–H and O–H groups in total. The average Bonchev–Trinajstić information content (AvgIpc) is 2.79. The first-order valence-electron chi connectivity index (χ1n) is 9.17. The molecular weight excluding hydrogens is 402 g/mol. The van der Waals surface area contributed by atoms with Gasteiger partial charge in [0.25, 0.3) is 5.91 Å². The van der Waals surface area contributed by atoms with E-state index in [-0.39, 0.29) is 34.1 Å². The first-order valence-corrected chi connectivity index (χ1v) is 9.17. The number of phenols is 4. The van der Waals surface area contributed by atoms with Crippen LogP contribution in [0.4, 0.5) is 5.69 Å². The zero-order chi connectivity index (χ0) is 22.5. The molecule has 0 saturated carbocycles. The van der Waals surface area contributed by atoms with E-state index in [1.807, 2.05) is 0 Å². The topological polar surface area (TPSA) is 146 Å². The first-order chi connectivity index (χ1) is 15.0. The second-order valence-corrected chi connectivity index (χ2v) is 6.42. The summed E-state index contributed by atoms with van der Waals surface area (Å²) in [5, 5.41) is 55.2. The third-order valence-corrected chi connectivity index (χ3v) is 4.61. The van der Waals surface area contributed by atoms with E-state index in [1.165, 1.54) is 30.5 Å². The molecule has 0 aliphatic carbocycles. The minimum absolute atomic E-state index is 0.204. The summed E-state index contributed by atoms with van der Waals surface area (Å²) in [6, 6.07) is 15.6. The number of aliphatic hydroxyl groups excluding tert-OH is 1. The highest BCUT2D eigenvalue weighted by molar-refractivity contribution is 6.02. The van der Waals surface area contributed by atoms with Gasteiger partial charge in [0.2, 0.25) is 0 Å². The van der Waals surface area contributed by atoms with Gasteiger partial charge in [-0.1, -0.05) is 30.3 Å². The number of para-hydroxylation sites is 3. The summed E-state index contributed by atoms with van der Waals surface area (Å²) < 4.78 is 0. The molecule has 3 aromatic carbocycles. The number of hydrogen-bond donors (Lipinski definition) is 6. The van der Waals surface area contributed by atoms with Gasteiger partial charge in [0, 0.05) is 23.9 Å². The Kier molecular flexibility index (Phi) is 6.27. The number of carbonyl (C=O) groups is 1. The van der Waals surface area contributed by atoms with E-state index in [9.17, 15) is 25.2 Å². The van der Waals surface area contributed by atoms with Crippen molar-refractivity contribution in [3.63, 3.8) is 0 Å². The van der Waals surface area contributed by atoms with Crippen molar-refractivity contribution in [3.05, 3.63) is 77.4 Å². The fraction of sp³-hybridized carbons (Fsp3) is 0.0909. The van der Waals surface area contributed by atoms with Crippen LogP contribution in [0.2, 0.25) is 0 Å². The van der Waals surface area contributed by atoms with Crippen molar-refractivity contribution in [1.82, 2.24) is 5.01 Å². The quantitative estimate of drug-likeness (QED) is 0.280. The van der Waals surface area contributed by atoms with E-state index in [2.05, 4.69) is 10.4 Å². The molecule has 0 radical (unpaired) electrons. The summed E-state index contributed by atoms with van der Waals surface area (Å²) >= 11 is 0. The van der Waals surface area contributed by atoms with Crippen LogP contribution in [0.3, 0.4) is 0 Å². The van der Waals surface area contributed by atoms with Gasteiger partial charge < -0.3 is 30.8 Å². The Hall–Kier alpha value is -4.24. The number of rotatable bonds is 3. The zero-order valence-electron chi connectivity index (χ0n) is 16.5. The standard InChI is InChI=1S/C21H17N3O5.CH4O/c25-16-9-3-5-12(18(16)27)11-22-24-20(14-7-4-10-17(26)19(14)28)23-15-8-2-1-6-13(15)21(24)29;1-2/h1-11,20,23,25-28H;2H,1H3/b22-11+;/t20-;/m1./s1. The summed E-state index contributed by atoms with van der Waals surface area (Å²) in [7, 11) is 1.00. The van der Waals surface area contributed by atoms with E-state index in [0.717, 1.165) is 12.1 Å².